The predicted octanol–water partition coefficient (Wildman–Crippen LogP) is 4.57. The molecular weight excluding hydrogens is 714 g/mol. The third-order valence-electron chi connectivity index (χ3n) is 4.90. The van der Waals surface area contributed by atoms with Gasteiger partial charge in [-0.2, -0.15) is 10.3 Å². The molecule has 0 aliphatic heterocycles. The Labute approximate surface area is 279 Å². The van der Waals surface area contributed by atoms with Crippen molar-refractivity contribution in [2.75, 3.05) is 14.2 Å². The van der Waals surface area contributed by atoms with Gasteiger partial charge < -0.3 is 30.5 Å². The standard InChI is InChI=1S/2C13H10N2O4.2CNS.Ru/c2*1-19-13(18)9-3-5-15-11(7-9)10-6-8(12(16)17)2-4-14-10;2*2-1-3;/h2*2-7H,1H3,(H,16,17);;;/q;;2*-1;+2. The van der Waals surface area contributed by atoms with Gasteiger partial charge in [-0.1, -0.05) is 24.4 Å². The van der Waals surface area contributed by atoms with Crippen molar-refractivity contribution in [3.63, 3.8) is 0 Å². The Morgan fingerprint density at radius 1 is 0.600 bits per heavy atom. The normalized spacial score (nSPS) is 8.76. The van der Waals surface area contributed by atoms with Gasteiger partial charge in [-0.25, -0.2) is 19.2 Å². The van der Waals surface area contributed by atoms with Crippen LogP contribution in [0.3, 0.4) is 0 Å². The average Bonchev–Trinajstić information content (AvgIpc) is 3.05. The number of aromatic nitrogens is 4. The van der Waals surface area contributed by atoms with Gasteiger partial charge in [-0.05, 0) is 48.5 Å². The molecule has 230 valence electrons. The minimum Gasteiger partial charge on any atom is -0.753 e. The van der Waals surface area contributed by atoms with Crippen LogP contribution in [0, 0.1) is 0 Å². The van der Waals surface area contributed by atoms with E-state index in [4.69, 9.17) is 21.0 Å². The maximum atomic E-state index is 11.4. The summed E-state index contributed by atoms with van der Waals surface area (Å²) in [4.78, 5) is 60.8. The summed E-state index contributed by atoms with van der Waals surface area (Å²) >= 11 is 7.40. The van der Waals surface area contributed by atoms with Crippen molar-refractivity contribution in [1.82, 2.24) is 19.9 Å². The zero-order valence-electron chi connectivity index (χ0n) is 23.1. The van der Waals surface area contributed by atoms with Crippen molar-refractivity contribution < 1.29 is 58.3 Å². The zero-order chi connectivity index (χ0) is 33.1. The minimum atomic E-state index is -1.05. The second kappa shape index (κ2) is 21.4. The molecular formula is C28H20N6O8RuS2. The third kappa shape index (κ3) is 13.3. The Balaban J connectivity index is 0.000000719. The number of thiocarbonyl (C=S) groups is 2. The Bertz CT molecular complexity index is 1590. The second-order valence-electron chi connectivity index (χ2n) is 7.50. The summed E-state index contributed by atoms with van der Waals surface area (Å²) in [5.74, 6) is -3.07. The summed E-state index contributed by atoms with van der Waals surface area (Å²) in [6, 6.07) is 11.6. The van der Waals surface area contributed by atoms with E-state index in [0.29, 0.717) is 33.9 Å². The number of methoxy groups -OCH3 is 2. The van der Waals surface area contributed by atoms with Gasteiger partial charge in [-0.15, -0.1) is 0 Å². The first-order valence-electron chi connectivity index (χ1n) is 11.6. The van der Waals surface area contributed by atoms with E-state index in [1.807, 2.05) is 0 Å². The number of hydrogen-bond acceptors (Lipinski definition) is 12. The quantitative estimate of drug-likeness (QED) is 0.120. The van der Waals surface area contributed by atoms with Crippen molar-refractivity contribution in [3.05, 3.63) is 106 Å². The number of ether oxygens (including phenoxy) is 2. The Morgan fingerprint density at radius 2 is 0.822 bits per heavy atom. The summed E-state index contributed by atoms with van der Waals surface area (Å²) in [7, 11) is 2.57. The molecule has 2 N–H and O–H groups in total. The van der Waals surface area contributed by atoms with Crippen molar-refractivity contribution >= 4 is 58.6 Å². The number of hydrogen-bond donors (Lipinski definition) is 2. The molecule has 0 saturated carbocycles. The Kier molecular flexibility index (Phi) is 18.9. The molecule has 4 aromatic rings. The molecule has 0 aliphatic rings. The second-order valence-corrected chi connectivity index (χ2v) is 7.86. The number of pyridine rings is 4. The van der Waals surface area contributed by atoms with Gasteiger partial charge in [0, 0.05) is 24.8 Å². The van der Waals surface area contributed by atoms with Crippen LogP contribution in [0.4, 0.5) is 0 Å². The van der Waals surface area contributed by atoms with E-state index >= 15 is 0 Å². The average molecular weight is 734 g/mol. The summed E-state index contributed by atoms with van der Waals surface area (Å²) in [5.41, 5.74) is 2.45. The van der Waals surface area contributed by atoms with Gasteiger partial charge in [0.2, 0.25) is 0 Å². The van der Waals surface area contributed by atoms with Crippen LogP contribution >= 0.6 is 24.4 Å². The van der Waals surface area contributed by atoms with E-state index in [2.05, 4.69) is 53.8 Å². The van der Waals surface area contributed by atoms with Gasteiger partial charge in [0.05, 0.1) is 59.2 Å². The molecule has 0 fully saturated rings. The van der Waals surface area contributed by atoms with E-state index in [1.165, 1.54) is 97.9 Å². The summed E-state index contributed by atoms with van der Waals surface area (Å²) < 4.78 is 9.22. The molecule has 0 aliphatic carbocycles. The van der Waals surface area contributed by atoms with Crippen molar-refractivity contribution in [1.29, 1.82) is 0 Å². The maximum Gasteiger partial charge on any atom is 2.00 e. The van der Waals surface area contributed by atoms with Crippen LogP contribution in [-0.2, 0) is 29.0 Å². The fourth-order valence-electron chi connectivity index (χ4n) is 3.04. The van der Waals surface area contributed by atoms with Crippen LogP contribution in [0.2, 0.25) is 0 Å². The molecule has 0 spiro atoms. The predicted molar refractivity (Wildman–Crippen MR) is 163 cm³/mol. The van der Waals surface area contributed by atoms with Crippen molar-refractivity contribution in [2.45, 2.75) is 0 Å². The van der Waals surface area contributed by atoms with Gasteiger partial charge in [-0.3, -0.25) is 19.9 Å². The summed E-state index contributed by atoms with van der Waals surface area (Å²) in [5, 5.41) is 34.8. The molecule has 0 radical (unpaired) electrons. The zero-order valence-corrected chi connectivity index (χ0v) is 26.5. The number of esters is 2. The third-order valence-corrected chi connectivity index (χ3v) is 4.90. The maximum absolute atomic E-state index is 11.4. The molecule has 0 bridgehead atoms. The van der Waals surface area contributed by atoms with Crippen molar-refractivity contribution in [3.8, 4) is 22.8 Å². The number of carbonyl (C=O) groups is 4. The molecule has 45 heavy (non-hydrogen) atoms. The van der Waals surface area contributed by atoms with E-state index < -0.39 is 23.9 Å². The van der Waals surface area contributed by atoms with Gasteiger partial charge in [0.1, 0.15) is 0 Å². The van der Waals surface area contributed by atoms with E-state index in [0.717, 1.165) is 0 Å². The molecule has 0 saturated heterocycles. The molecule has 4 rings (SSSR count). The number of isothiocyanates is 2. The Hall–Kier alpha value is -5.30. The largest absolute Gasteiger partial charge is 2.00 e. The van der Waals surface area contributed by atoms with E-state index in [1.54, 1.807) is 0 Å². The van der Waals surface area contributed by atoms with Gasteiger partial charge in [0.15, 0.2) is 0 Å². The topological polar surface area (TPSA) is 223 Å². The number of rotatable bonds is 6. The molecule has 4 aromatic heterocycles. The molecule has 0 aromatic carbocycles. The summed E-state index contributed by atoms with van der Waals surface area (Å²) in [6.45, 7) is 0. The van der Waals surface area contributed by atoms with Crippen LogP contribution in [0.5, 0.6) is 0 Å². The molecule has 17 heteroatoms. The number of aromatic carboxylic acids is 2. The number of nitrogens with zero attached hydrogens (tertiary/aromatic N) is 6. The van der Waals surface area contributed by atoms with Crippen LogP contribution in [0.15, 0.2) is 73.3 Å². The number of carboxylic acids is 2. The summed E-state index contributed by atoms with van der Waals surface area (Å²) in [6.07, 6.45) is 5.64. The van der Waals surface area contributed by atoms with Crippen LogP contribution in [0.25, 0.3) is 33.6 Å². The first-order chi connectivity index (χ1) is 21.1. The first kappa shape index (κ1) is 39.7. The van der Waals surface area contributed by atoms with Gasteiger partial charge in [0.25, 0.3) is 0 Å². The van der Waals surface area contributed by atoms with E-state index in [-0.39, 0.29) is 30.6 Å². The minimum absolute atomic E-state index is 0. The smallest absolute Gasteiger partial charge is 0.753 e. The van der Waals surface area contributed by atoms with Crippen molar-refractivity contribution in [2.24, 2.45) is 0 Å². The van der Waals surface area contributed by atoms with Crippen LogP contribution in [0.1, 0.15) is 41.4 Å². The number of carboxylic acid groups (broad SMARTS) is 2. The Morgan fingerprint density at radius 3 is 1.04 bits per heavy atom. The van der Waals surface area contributed by atoms with Crippen LogP contribution in [-0.4, -0.2) is 78.6 Å². The first-order valence-corrected chi connectivity index (χ1v) is 12.4. The molecule has 4 heterocycles. The van der Waals surface area contributed by atoms with Crippen LogP contribution < -0.4 is 0 Å². The molecule has 0 unspecified atom stereocenters. The molecule has 0 amide bonds. The van der Waals surface area contributed by atoms with Gasteiger partial charge >= 0.3 is 43.4 Å². The SMILES string of the molecule is COC(=O)c1ccnc(-c2cc(C(=O)O)ccn2)c1.COC(=O)c1ccnc(-c2cc(C(=O)O)ccn2)c1.[N-]=C=S.[N-]=C=S.[Ru+2]. The number of carbonyl (C=O) groups excluding carboxylic acids is 2. The monoisotopic (exact) mass is 734 g/mol. The molecule has 14 nitrogen and oxygen atoms in total. The molecule has 0 atom stereocenters. The fourth-order valence-corrected chi connectivity index (χ4v) is 3.04. The van der Waals surface area contributed by atoms with E-state index in [9.17, 15) is 19.2 Å². The fraction of sp³-hybridized carbons (Fsp3) is 0.0714.